The number of carboxylic acids is 1. The number of amides is 1. The van der Waals surface area contributed by atoms with Crippen LogP contribution in [0.25, 0.3) is 0 Å². The third-order valence-corrected chi connectivity index (χ3v) is 4.41. The Balaban J connectivity index is 1.70. The highest BCUT2D eigenvalue weighted by Crippen LogP contribution is 2.32. The lowest BCUT2D eigenvalue weighted by Gasteiger charge is -2.14. The quantitative estimate of drug-likeness (QED) is 0.771. The van der Waals surface area contributed by atoms with E-state index in [0.717, 1.165) is 17.2 Å². The van der Waals surface area contributed by atoms with E-state index in [4.69, 9.17) is 9.84 Å². The maximum absolute atomic E-state index is 11.6. The van der Waals surface area contributed by atoms with Gasteiger partial charge in [0.25, 0.3) is 0 Å². The monoisotopic (exact) mass is 309 g/mol. The Labute approximate surface area is 128 Å². The van der Waals surface area contributed by atoms with E-state index in [0.29, 0.717) is 5.75 Å². The van der Waals surface area contributed by atoms with E-state index in [-0.39, 0.29) is 6.61 Å². The molecule has 0 radical (unpaired) electrons. The molecule has 1 amide bonds. The van der Waals surface area contributed by atoms with Crippen molar-refractivity contribution < 1.29 is 19.4 Å². The smallest absolute Gasteiger partial charge is 0.408 e. The van der Waals surface area contributed by atoms with Gasteiger partial charge in [0.15, 0.2) is 0 Å². The zero-order valence-corrected chi connectivity index (χ0v) is 12.5. The van der Waals surface area contributed by atoms with Crippen LogP contribution < -0.4 is 5.32 Å². The Morgan fingerprint density at radius 1 is 1.33 bits per heavy atom. The topological polar surface area (TPSA) is 75.6 Å². The summed E-state index contributed by atoms with van der Waals surface area (Å²) in [6.45, 7) is 0.133. The molecule has 2 N–H and O–H groups in total. The van der Waals surface area contributed by atoms with E-state index in [9.17, 15) is 9.59 Å². The molecule has 1 aliphatic carbocycles. The van der Waals surface area contributed by atoms with E-state index in [1.165, 1.54) is 12.8 Å². The minimum absolute atomic E-state index is 0.133. The molecule has 0 heterocycles. The van der Waals surface area contributed by atoms with Crippen molar-refractivity contribution >= 4 is 23.8 Å². The number of aliphatic carboxylic acids is 1. The Morgan fingerprint density at radius 2 is 2.05 bits per heavy atom. The fourth-order valence-corrected chi connectivity index (χ4v) is 2.98. The first-order valence-corrected chi connectivity index (χ1v) is 8.08. The number of hydrogen-bond donors (Lipinski definition) is 2. The molecule has 0 aliphatic heterocycles. The number of carbonyl (C=O) groups is 2. The van der Waals surface area contributed by atoms with Gasteiger partial charge in [-0.1, -0.05) is 30.3 Å². The lowest BCUT2D eigenvalue weighted by Crippen LogP contribution is -2.42. The highest BCUT2D eigenvalue weighted by atomic mass is 32.2. The molecular weight excluding hydrogens is 290 g/mol. The summed E-state index contributed by atoms with van der Waals surface area (Å²) < 4.78 is 5.03. The predicted molar refractivity (Wildman–Crippen MR) is 81.2 cm³/mol. The number of nitrogens with one attached hydrogen (secondary N) is 1. The number of hydrogen-bond acceptors (Lipinski definition) is 4. The number of thioether (sulfide) groups is 1. The van der Waals surface area contributed by atoms with Crippen molar-refractivity contribution in [3.05, 3.63) is 35.9 Å². The maximum atomic E-state index is 11.6. The number of alkyl carbamates (subject to hydrolysis) is 1. The normalized spacial score (nSPS) is 15.2. The van der Waals surface area contributed by atoms with Gasteiger partial charge in [0.2, 0.25) is 0 Å². The molecule has 1 fully saturated rings. The van der Waals surface area contributed by atoms with Crippen molar-refractivity contribution in [2.24, 2.45) is 5.92 Å². The SMILES string of the molecule is O=C(NC(CSCC1CC1)C(=O)O)OCc1ccccc1. The molecule has 1 aromatic rings. The van der Waals surface area contributed by atoms with Gasteiger partial charge in [-0.15, -0.1) is 0 Å². The average molecular weight is 309 g/mol. The number of ether oxygens (including phenoxy) is 1. The summed E-state index contributed by atoms with van der Waals surface area (Å²) in [5.74, 6) is 1.03. The average Bonchev–Trinajstić information content (AvgIpc) is 3.29. The van der Waals surface area contributed by atoms with Crippen molar-refractivity contribution in [2.45, 2.75) is 25.5 Å². The predicted octanol–water partition coefficient (Wildman–Crippen LogP) is 2.51. The van der Waals surface area contributed by atoms with Gasteiger partial charge in [-0.3, -0.25) is 0 Å². The van der Waals surface area contributed by atoms with Crippen LogP contribution in [-0.4, -0.2) is 34.7 Å². The minimum Gasteiger partial charge on any atom is -0.480 e. The molecule has 114 valence electrons. The van der Waals surface area contributed by atoms with Crippen molar-refractivity contribution in [3.8, 4) is 0 Å². The molecule has 0 saturated heterocycles. The number of rotatable bonds is 8. The van der Waals surface area contributed by atoms with Crippen LogP contribution in [0.1, 0.15) is 18.4 Å². The van der Waals surface area contributed by atoms with Crippen LogP contribution in [0.4, 0.5) is 4.79 Å². The Morgan fingerprint density at radius 3 is 2.67 bits per heavy atom. The molecule has 0 aromatic heterocycles. The Hall–Kier alpha value is -1.69. The number of carboxylic acid groups (broad SMARTS) is 1. The lowest BCUT2D eigenvalue weighted by atomic mass is 10.2. The van der Waals surface area contributed by atoms with E-state index >= 15 is 0 Å². The second-order valence-corrected chi connectivity index (χ2v) is 6.15. The van der Waals surface area contributed by atoms with Crippen molar-refractivity contribution in [2.75, 3.05) is 11.5 Å². The van der Waals surface area contributed by atoms with Crippen molar-refractivity contribution in [1.29, 1.82) is 0 Å². The first kappa shape index (κ1) is 15.7. The van der Waals surface area contributed by atoms with Gasteiger partial charge < -0.3 is 15.2 Å². The second kappa shape index (κ2) is 7.93. The molecule has 1 atom stereocenters. The fourth-order valence-electron chi connectivity index (χ4n) is 1.72. The van der Waals surface area contributed by atoms with Gasteiger partial charge >= 0.3 is 12.1 Å². The minimum atomic E-state index is -1.03. The van der Waals surface area contributed by atoms with E-state index in [1.807, 2.05) is 30.3 Å². The highest BCUT2D eigenvalue weighted by Gasteiger charge is 2.24. The molecule has 6 heteroatoms. The zero-order chi connectivity index (χ0) is 15.1. The molecule has 21 heavy (non-hydrogen) atoms. The fraction of sp³-hybridized carbons (Fsp3) is 0.467. The van der Waals surface area contributed by atoms with Crippen LogP contribution in [0.15, 0.2) is 30.3 Å². The van der Waals surface area contributed by atoms with Gasteiger partial charge in [-0.2, -0.15) is 11.8 Å². The second-order valence-electron chi connectivity index (χ2n) is 5.08. The number of carbonyl (C=O) groups excluding carboxylic acids is 1. The van der Waals surface area contributed by atoms with Gasteiger partial charge in [0.05, 0.1) is 0 Å². The Kier molecular flexibility index (Phi) is 5.92. The van der Waals surface area contributed by atoms with Crippen molar-refractivity contribution in [3.63, 3.8) is 0 Å². The maximum Gasteiger partial charge on any atom is 0.408 e. The summed E-state index contributed by atoms with van der Waals surface area (Å²) in [5, 5.41) is 11.5. The molecule has 1 aromatic carbocycles. The third kappa shape index (κ3) is 6.08. The molecule has 2 rings (SSSR count). The molecule has 1 aliphatic rings. The first-order chi connectivity index (χ1) is 10.1. The molecule has 1 unspecified atom stereocenters. The van der Waals surface area contributed by atoms with Gasteiger partial charge in [0, 0.05) is 5.75 Å². The summed E-state index contributed by atoms with van der Waals surface area (Å²) in [7, 11) is 0. The zero-order valence-electron chi connectivity index (χ0n) is 11.7. The van der Waals surface area contributed by atoms with Crippen LogP contribution in [0, 0.1) is 5.92 Å². The lowest BCUT2D eigenvalue weighted by molar-refractivity contribution is -0.138. The Bertz CT molecular complexity index is 476. The summed E-state index contributed by atoms with van der Waals surface area (Å²) >= 11 is 1.57. The largest absolute Gasteiger partial charge is 0.480 e. The first-order valence-electron chi connectivity index (χ1n) is 6.93. The summed E-state index contributed by atoms with van der Waals surface area (Å²) in [4.78, 5) is 22.8. The number of benzene rings is 1. The molecule has 5 nitrogen and oxygen atoms in total. The summed E-state index contributed by atoms with van der Waals surface area (Å²) in [6, 6.07) is 8.36. The summed E-state index contributed by atoms with van der Waals surface area (Å²) in [5.41, 5.74) is 0.864. The van der Waals surface area contributed by atoms with Crippen LogP contribution >= 0.6 is 11.8 Å². The highest BCUT2D eigenvalue weighted by molar-refractivity contribution is 7.99. The van der Waals surface area contributed by atoms with Gasteiger partial charge in [0.1, 0.15) is 12.6 Å². The summed E-state index contributed by atoms with van der Waals surface area (Å²) in [6.07, 6.45) is 1.77. The van der Waals surface area contributed by atoms with Crippen molar-refractivity contribution in [1.82, 2.24) is 5.32 Å². The van der Waals surface area contributed by atoms with Crippen LogP contribution in [-0.2, 0) is 16.1 Å². The molecular formula is C15H19NO4S. The standard InChI is InChI=1S/C15H19NO4S/c17-14(18)13(10-21-9-12-6-7-12)16-15(19)20-8-11-4-2-1-3-5-11/h1-5,12-13H,6-10H2,(H,16,19)(H,17,18). The van der Waals surface area contributed by atoms with E-state index < -0.39 is 18.1 Å². The van der Waals surface area contributed by atoms with E-state index in [2.05, 4.69) is 5.32 Å². The molecule has 1 saturated carbocycles. The van der Waals surface area contributed by atoms with E-state index in [1.54, 1.807) is 11.8 Å². The van der Waals surface area contributed by atoms with Crippen LogP contribution in [0.5, 0.6) is 0 Å². The molecule has 0 bridgehead atoms. The van der Waals surface area contributed by atoms with Crippen LogP contribution in [0.2, 0.25) is 0 Å². The third-order valence-electron chi connectivity index (χ3n) is 3.14. The molecule has 0 spiro atoms. The van der Waals surface area contributed by atoms with Crippen LogP contribution in [0.3, 0.4) is 0 Å². The van der Waals surface area contributed by atoms with Gasteiger partial charge in [-0.05, 0) is 30.1 Å². The van der Waals surface area contributed by atoms with Gasteiger partial charge in [-0.25, -0.2) is 9.59 Å².